The second-order valence-corrected chi connectivity index (χ2v) is 5.94. The number of carbonyl (C=O) groups is 1. The molecule has 2 aliphatic rings. The van der Waals surface area contributed by atoms with Crippen LogP contribution in [-0.2, 0) is 19.0 Å². The molecule has 138 valence electrons. The van der Waals surface area contributed by atoms with E-state index in [1.54, 1.807) is 0 Å². The highest BCUT2D eigenvalue weighted by Crippen LogP contribution is 2.31. The fraction of sp³-hybridized carbons (Fsp3) is 0.800. The number of aliphatic hydroxyl groups is 5. The highest BCUT2D eigenvalue weighted by atomic mass is 16.7. The summed E-state index contributed by atoms with van der Waals surface area (Å²) in [5.41, 5.74) is 0. The van der Waals surface area contributed by atoms with Crippen LogP contribution < -0.4 is 0 Å². The Balaban J connectivity index is 2.11. The van der Waals surface area contributed by atoms with Crippen LogP contribution in [0.3, 0.4) is 0 Å². The molecule has 0 radical (unpaired) electrons. The molecular weight excluding hydrogens is 324 g/mol. The van der Waals surface area contributed by atoms with Crippen LogP contribution in [-0.4, -0.2) is 88.1 Å². The molecule has 0 saturated carbocycles. The molecule has 0 unspecified atom stereocenters. The largest absolute Gasteiger partial charge is 0.465 e. The Hall–Kier alpha value is -1.07. The zero-order valence-corrected chi connectivity index (χ0v) is 13.1. The van der Waals surface area contributed by atoms with Crippen LogP contribution in [0.4, 0.5) is 0 Å². The van der Waals surface area contributed by atoms with Crippen LogP contribution in [0.15, 0.2) is 12.7 Å². The molecule has 0 aromatic heterocycles. The number of aliphatic hydroxyl groups excluding tert-OH is 5. The third-order valence-electron chi connectivity index (χ3n) is 4.51. The maximum Gasteiger partial charge on any atom is 0.311 e. The molecule has 0 aromatic carbocycles. The zero-order valence-electron chi connectivity index (χ0n) is 13.1. The van der Waals surface area contributed by atoms with Crippen molar-refractivity contribution in [1.29, 1.82) is 0 Å². The van der Waals surface area contributed by atoms with Crippen LogP contribution in [0.2, 0.25) is 0 Å². The van der Waals surface area contributed by atoms with Crippen molar-refractivity contribution in [1.82, 2.24) is 0 Å². The second-order valence-electron chi connectivity index (χ2n) is 5.94. The van der Waals surface area contributed by atoms with Crippen molar-refractivity contribution < 1.29 is 44.5 Å². The minimum Gasteiger partial charge on any atom is -0.465 e. The van der Waals surface area contributed by atoms with Crippen molar-refractivity contribution in [2.24, 2.45) is 11.8 Å². The number of esters is 1. The molecule has 0 aromatic rings. The molecular formula is C15H24O9. The first-order valence-electron chi connectivity index (χ1n) is 7.80. The van der Waals surface area contributed by atoms with Gasteiger partial charge in [-0.2, -0.15) is 0 Å². The first-order chi connectivity index (χ1) is 11.4. The molecule has 9 heteroatoms. The van der Waals surface area contributed by atoms with Crippen LogP contribution in [0.25, 0.3) is 0 Å². The quantitative estimate of drug-likeness (QED) is 0.260. The lowest BCUT2D eigenvalue weighted by molar-refractivity contribution is -0.312. The summed E-state index contributed by atoms with van der Waals surface area (Å²) in [5, 5.41) is 48.2. The van der Waals surface area contributed by atoms with Gasteiger partial charge >= 0.3 is 5.97 Å². The standard InChI is InChI=1S/C15H24O9/c1-2-9(7-3-4-22-14(21)8(7)5-16)23-15-13(20)12(19)11(18)10(6-17)24-15/h2,7-13,15-20H,1,3-6H2/t7-,8+,9-,10-,11-,12+,13-,15-/m1/s1. The first kappa shape index (κ1) is 19.3. The Morgan fingerprint density at radius 3 is 2.50 bits per heavy atom. The lowest BCUT2D eigenvalue weighted by Crippen LogP contribution is -2.60. The van der Waals surface area contributed by atoms with E-state index in [0.717, 1.165) is 0 Å². The second kappa shape index (κ2) is 8.34. The molecule has 5 N–H and O–H groups in total. The number of hydrogen-bond acceptors (Lipinski definition) is 9. The first-order valence-corrected chi connectivity index (χ1v) is 7.80. The summed E-state index contributed by atoms with van der Waals surface area (Å²) < 4.78 is 15.8. The minimum absolute atomic E-state index is 0.169. The van der Waals surface area contributed by atoms with Gasteiger partial charge in [0, 0.05) is 5.92 Å². The van der Waals surface area contributed by atoms with Crippen LogP contribution in [0, 0.1) is 11.8 Å². The molecule has 8 atom stereocenters. The maximum absolute atomic E-state index is 11.7. The van der Waals surface area contributed by atoms with Crippen molar-refractivity contribution in [3.8, 4) is 0 Å². The zero-order chi connectivity index (χ0) is 17.9. The van der Waals surface area contributed by atoms with Gasteiger partial charge in [0.25, 0.3) is 0 Å². The highest BCUT2D eigenvalue weighted by molar-refractivity contribution is 5.73. The van der Waals surface area contributed by atoms with Crippen molar-refractivity contribution in [3.63, 3.8) is 0 Å². The predicted molar refractivity (Wildman–Crippen MR) is 78.5 cm³/mol. The monoisotopic (exact) mass is 348 g/mol. The highest BCUT2D eigenvalue weighted by Gasteiger charge is 2.46. The molecule has 2 saturated heterocycles. The van der Waals surface area contributed by atoms with E-state index >= 15 is 0 Å². The summed E-state index contributed by atoms with van der Waals surface area (Å²) in [6.45, 7) is 2.81. The fourth-order valence-corrected chi connectivity index (χ4v) is 3.05. The SMILES string of the molecule is C=C[C@@H](O[C@@H]1O[C@H](CO)[C@@H](O)[C@H](O)[C@H]1O)[C@@H]1CCOC(=O)[C@H]1CO. The van der Waals surface area contributed by atoms with Crippen molar-refractivity contribution in [3.05, 3.63) is 12.7 Å². The summed E-state index contributed by atoms with van der Waals surface area (Å²) >= 11 is 0. The van der Waals surface area contributed by atoms with Gasteiger partial charge < -0.3 is 39.7 Å². The van der Waals surface area contributed by atoms with Crippen molar-refractivity contribution >= 4 is 5.97 Å². The number of carbonyl (C=O) groups excluding carboxylic acids is 1. The lowest BCUT2D eigenvalue weighted by atomic mass is 9.83. The number of ether oxygens (including phenoxy) is 3. The Labute approximate surface area is 139 Å². The molecule has 0 spiro atoms. The average Bonchev–Trinajstić information content (AvgIpc) is 2.59. The molecule has 2 fully saturated rings. The Kier molecular flexibility index (Phi) is 6.70. The summed E-state index contributed by atoms with van der Waals surface area (Å²) in [7, 11) is 0. The van der Waals surface area contributed by atoms with Gasteiger partial charge in [0.05, 0.1) is 31.8 Å². The van der Waals surface area contributed by atoms with Gasteiger partial charge in [-0.3, -0.25) is 4.79 Å². The molecule has 2 rings (SSSR count). The maximum atomic E-state index is 11.7. The molecule has 24 heavy (non-hydrogen) atoms. The Morgan fingerprint density at radius 2 is 1.92 bits per heavy atom. The number of rotatable bonds is 6. The molecule has 9 nitrogen and oxygen atoms in total. The minimum atomic E-state index is -1.56. The molecule has 0 aliphatic carbocycles. The van der Waals surface area contributed by atoms with Gasteiger partial charge in [0.15, 0.2) is 6.29 Å². The van der Waals surface area contributed by atoms with Gasteiger partial charge in [-0.1, -0.05) is 6.08 Å². The summed E-state index contributed by atoms with van der Waals surface area (Å²) in [4.78, 5) is 11.7. The predicted octanol–water partition coefficient (Wildman–Crippen LogP) is -2.47. The van der Waals surface area contributed by atoms with Crippen LogP contribution in [0.5, 0.6) is 0 Å². The molecule has 2 aliphatic heterocycles. The smallest absolute Gasteiger partial charge is 0.311 e. The summed E-state index contributed by atoms with van der Waals surface area (Å²) in [6.07, 6.45) is -5.95. The summed E-state index contributed by atoms with van der Waals surface area (Å²) in [5.74, 6) is -1.79. The van der Waals surface area contributed by atoms with Gasteiger partial charge in [-0.15, -0.1) is 6.58 Å². The van der Waals surface area contributed by atoms with Crippen molar-refractivity contribution in [2.75, 3.05) is 19.8 Å². The number of cyclic esters (lactones) is 1. The van der Waals surface area contributed by atoms with Gasteiger partial charge in [0.1, 0.15) is 24.4 Å². The van der Waals surface area contributed by atoms with Gasteiger partial charge in [-0.05, 0) is 6.42 Å². The van der Waals surface area contributed by atoms with E-state index < -0.39 is 67.8 Å². The molecule has 0 bridgehead atoms. The van der Waals surface area contributed by atoms with Gasteiger partial charge in [-0.25, -0.2) is 0 Å². The third-order valence-corrected chi connectivity index (χ3v) is 4.51. The van der Waals surface area contributed by atoms with E-state index in [0.29, 0.717) is 6.42 Å². The van der Waals surface area contributed by atoms with Crippen LogP contribution >= 0.6 is 0 Å². The lowest BCUT2D eigenvalue weighted by Gasteiger charge is -2.42. The fourth-order valence-electron chi connectivity index (χ4n) is 3.05. The van der Waals surface area contributed by atoms with E-state index in [1.165, 1.54) is 6.08 Å². The summed E-state index contributed by atoms with van der Waals surface area (Å²) in [6, 6.07) is 0. The van der Waals surface area contributed by atoms with E-state index in [4.69, 9.17) is 14.2 Å². The normalized spacial score (nSPS) is 41.5. The van der Waals surface area contributed by atoms with E-state index in [9.17, 15) is 30.3 Å². The van der Waals surface area contributed by atoms with Gasteiger partial charge in [0.2, 0.25) is 0 Å². The molecule has 2 heterocycles. The van der Waals surface area contributed by atoms with E-state index in [-0.39, 0.29) is 6.61 Å². The average molecular weight is 348 g/mol. The third kappa shape index (κ3) is 3.77. The Morgan fingerprint density at radius 1 is 1.21 bits per heavy atom. The van der Waals surface area contributed by atoms with Crippen LogP contribution in [0.1, 0.15) is 6.42 Å². The topological polar surface area (TPSA) is 146 Å². The Bertz CT molecular complexity index is 441. The van der Waals surface area contributed by atoms with E-state index in [1.807, 2.05) is 0 Å². The van der Waals surface area contributed by atoms with Crippen molar-refractivity contribution in [2.45, 2.75) is 43.2 Å². The van der Waals surface area contributed by atoms with E-state index in [2.05, 4.69) is 6.58 Å². The molecule has 0 amide bonds. The number of hydrogen-bond donors (Lipinski definition) is 5.